The Morgan fingerprint density at radius 3 is 2.47 bits per heavy atom. The highest BCUT2D eigenvalue weighted by molar-refractivity contribution is 7.89. The summed E-state index contributed by atoms with van der Waals surface area (Å²) in [4.78, 5) is 28.6. The van der Waals surface area contributed by atoms with Crippen LogP contribution in [0.3, 0.4) is 0 Å². The second-order valence-electron chi connectivity index (χ2n) is 7.63. The van der Waals surface area contributed by atoms with Crippen LogP contribution >= 0.6 is 22.9 Å². The maximum absolute atomic E-state index is 12.9. The minimum atomic E-state index is -3.58. The van der Waals surface area contributed by atoms with Gasteiger partial charge in [-0.2, -0.15) is 4.31 Å². The van der Waals surface area contributed by atoms with Gasteiger partial charge in [0.25, 0.3) is 5.91 Å². The number of nitrogens with zero attached hydrogens (tertiary/aromatic N) is 3. The fraction of sp³-hybridized carbons (Fsp3) is 0.400. The Balaban J connectivity index is 1.36. The van der Waals surface area contributed by atoms with Gasteiger partial charge in [-0.05, 0) is 43.4 Å². The van der Waals surface area contributed by atoms with E-state index in [4.69, 9.17) is 16.3 Å². The van der Waals surface area contributed by atoms with Crippen molar-refractivity contribution >= 4 is 50.6 Å². The number of benzene rings is 1. The average Bonchev–Trinajstić information content (AvgIpc) is 3.38. The number of carbonyl (C=O) groups is 2. The molecule has 4 rings (SSSR count). The lowest BCUT2D eigenvalue weighted by Gasteiger charge is -2.31. The molecule has 1 atom stereocenters. The zero-order valence-corrected chi connectivity index (χ0v) is 19.8. The zero-order valence-electron chi connectivity index (χ0n) is 17.4. The molecule has 2 aliphatic rings. The molecule has 1 aromatic heterocycles. The second kappa shape index (κ2) is 9.36. The molecular formula is C20H23ClN4O5S2. The van der Waals surface area contributed by atoms with Crippen LogP contribution in [-0.4, -0.2) is 82.0 Å². The van der Waals surface area contributed by atoms with Gasteiger partial charge < -0.3 is 15.0 Å². The molecule has 0 radical (unpaired) electrons. The molecule has 0 spiro atoms. The second-order valence-corrected chi connectivity index (χ2v) is 11.3. The number of hydrogen-bond acceptors (Lipinski definition) is 7. The van der Waals surface area contributed by atoms with E-state index in [1.54, 1.807) is 24.3 Å². The molecule has 172 valence electrons. The van der Waals surface area contributed by atoms with E-state index in [1.807, 2.05) is 7.05 Å². The molecule has 2 saturated heterocycles. The van der Waals surface area contributed by atoms with Crippen molar-refractivity contribution in [2.24, 2.45) is 0 Å². The summed E-state index contributed by atoms with van der Waals surface area (Å²) in [5.74, 6) is -0.283. The van der Waals surface area contributed by atoms with Gasteiger partial charge in [0.1, 0.15) is 6.10 Å². The first kappa shape index (κ1) is 23.0. The lowest BCUT2D eigenvalue weighted by atomic mass is 10.2. The van der Waals surface area contributed by atoms with E-state index < -0.39 is 22.2 Å². The molecule has 9 nitrogen and oxygen atoms in total. The topological polar surface area (TPSA) is 99.3 Å². The molecule has 2 amide bonds. The van der Waals surface area contributed by atoms with Crippen LogP contribution in [0.5, 0.6) is 0 Å². The number of cyclic esters (lactones) is 1. The van der Waals surface area contributed by atoms with E-state index >= 15 is 0 Å². The molecule has 0 bridgehead atoms. The summed E-state index contributed by atoms with van der Waals surface area (Å²) in [7, 11) is -1.61. The predicted octanol–water partition coefficient (Wildman–Crippen LogP) is 2.09. The van der Waals surface area contributed by atoms with Crippen molar-refractivity contribution in [1.82, 2.24) is 14.5 Å². The third kappa shape index (κ3) is 4.91. The number of likely N-dealkylation sites (N-methyl/N-ethyl adjacent to an activating group) is 1. The number of thiophene rings is 1. The number of ether oxygens (including phenoxy) is 1. The van der Waals surface area contributed by atoms with Gasteiger partial charge in [0, 0.05) is 31.9 Å². The quantitative estimate of drug-likeness (QED) is 0.654. The Bertz CT molecular complexity index is 1100. The van der Waals surface area contributed by atoms with Gasteiger partial charge in [-0.25, -0.2) is 13.2 Å². The fourth-order valence-corrected chi connectivity index (χ4v) is 5.93. The summed E-state index contributed by atoms with van der Waals surface area (Å²) in [6.45, 7) is 2.68. The van der Waals surface area contributed by atoms with Crippen LogP contribution < -0.4 is 10.2 Å². The molecule has 0 saturated carbocycles. The SMILES string of the molecule is CN1CCN(S(=O)(=O)c2ccc(N3CC(CNC(=O)c4ccc(Cl)s4)OC3=O)cc2)CC1. The van der Waals surface area contributed by atoms with E-state index in [0.29, 0.717) is 41.1 Å². The third-order valence-corrected chi connectivity index (χ3v) is 8.55. The molecular weight excluding hydrogens is 476 g/mol. The highest BCUT2D eigenvalue weighted by Gasteiger charge is 2.33. The van der Waals surface area contributed by atoms with Gasteiger partial charge in [-0.1, -0.05) is 11.6 Å². The standard InChI is InChI=1S/C20H23ClN4O5S2/c1-23-8-10-24(11-9-23)32(28,29)16-4-2-14(3-5-16)25-13-15(30-20(25)27)12-22-19(26)17-6-7-18(21)31-17/h2-7,15H,8-13H2,1H3,(H,22,26). The predicted molar refractivity (Wildman–Crippen MR) is 122 cm³/mol. The summed E-state index contributed by atoms with van der Waals surface area (Å²) in [6, 6.07) is 9.48. The van der Waals surface area contributed by atoms with Crippen molar-refractivity contribution in [1.29, 1.82) is 0 Å². The summed E-state index contributed by atoms with van der Waals surface area (Å²) in [6.07, 6.45) is -1.06. The molecule has 1 unspecified atom stereocenters. The van der Waals surface area contributed by atoms with Crippen molar-refractivity contribution in [3.63, 3.8) is 0 Å². The number of rotatable bonds is 6. The van der Waals surface area contributed by atoms with Gasteiger partial charge in [0.2, 0.25) is 10.0 Å². The minimum absolute atomic E-state index is 0.159. The Labute approximate surface area is 195 Å². The number of carbonyl (C=O) groups excluding carboxylic acids is 2. The van der Waals surface area contributed by atoms with Crippen LogP contribution in [0.2, 0.25) is 4.34 Å². The van der Waals surface area contributed by atoms with E-state index in [0.717, 1.165) is 0 Å². The van der Waals surface area contributed by atoms with Crippen molar-refractivity contribution in [3.8, 4) is 0 Å². The van der Waals surface area contributed by atoms with Crippen molar-refractivity contribution in [3.05, 3.63) is 45.6 Å². The molecule has 2 aliphatic heterocycles. The van der Waals surface area contributed by atoms with Gasteiger partial charge in [0.05, 0.1) is 27.2 Å². The lowest BCUT2D eigenvalue weighted by Crippen LogP contribution is -2.47. The highest BCUT2D eigenvalue weighted by Crippen LogP contribution is 2.25. The monoisotopic (exact) mass is 498 g/mol. The Hall–Kier alpha value is -2.18. The van der Waals surface area contributed by atoms with Crippen LogP contribution in [-0.2, 0) is 14.8 Å². The van der Waals surface area contributed by atoms with Gasteiger partial charge in [0.15, 0.2) is 0 Å². The van der Waals surface area contributed by atoms with Crippen molar-refractivity contribution in [2.45, 2.75) is 11.0 Å². The molecule has 0 aliphatic carbocycles. The number of anilines is 1. The molecule has 1 aromatic carbocycles. The number of sulfonamides is 1. The summed E-state index contributed by atoms with van der Waals surface area (Å²) < 4.78 is 33.1. The number of nitrogens with one attached hydrogen (secondary N) is 1. The Morgan fingerprint density at radius 1 is 1.16 bits per heavy atom. The fourth-order valence-electron chi connectivity index (χ4n) is 3.54. The Kier molecular flexibility index (Phi) is 6.72. The highest BCUT2D eigenvalue weighted by atomic mass is 35.5. The maximum atomic E-state index is 12.9. The van der Waals surface area contributed by atoms with Crippen molar-refractivity contribution < 1.29 is 22.7 Å². The number of halogens is 1. The van der Waals surface area contributed by atoms with E-state index in [2.05, 4.69) is 10.2 Å². The van der Waals surface area contributed by atoms with Crippen LogP contribution in [0.15, 0.2) is 41.3 Å². The summed E-state index contributed by atoms with van der Waals surface area (Å²) in [5.41, 5.74) is 0.534. The molecule has 2 aromatic rings. The Morgan fingerprint density at radius 2 is 1.84 bits per heavy atom. The molecule has 12 heteroatoms. The third-order valence-electron chi connectivity index (χ3n) is 5.41. The molecule has 3 heterocycles. The first-order valence-electron chi connectivity index (χ1n) is 10.0. The largest absolute Gasteiger partial charge is 0.442 e. The number of hydrogen-bond donors (Lipinski definition) is 1. The molecule has 1 N–H and O–H groups in total. The van der Waals surface area contributed by atoms with E-state index in [9.17, 15) is 18.0 Å². The normalized spacial score (nSPS) is 20.4. The van der Waals surface area contributed by atoms with Crippen molar-refractivity contribution in [2.75, 3.05) is 51.2 Å². The van der Waals surface area contributed by atoms with Gasteiger partial charge >= 0.3 is 6.09 Å². The first-order chi connectivity index (χ1) is 15.2. The summed E-state index contributed by atoms with van der Waals surface area (Å²) in [5, 5.41) is 2.74. The smallest absolute Gasteiger partial charge is 0.414 e. The lowest BCUT2D eigenvalue weighted by molar-refractivity contribution is 0.0920. The number of piperazine rings is 1. The van der Waals surface area contributed by atoms with Crippen LogP contribution in [0.25, 0.3) is 0 Å². The summed E-state index contributed by atoms with van der Waals surface area (Å²) >= 11 is 7.02. The van der Waals surface area contributed by atoms with E-state index in [-0.39, 0.29) is 23.9 Å². The van der Waals surface area contributed by atoms with Gasteiger partial charge in [-0.15, -0.1) is 11.3 Å². The molecule has 32 heavy (non-hydrogen) atoms. The first-order valence-corrected chi connectivity index (χ1v) is 12.7. The van der Waals surface area contributed by atoms with Crippen LogP contribution in [0, 0.1) is 0 Å². The van der Waals surface area contributed by atoms with E-state index in [1.165, 1.54) is 32.7 Å². The average molecular weight is 499 g/mol. The number of amides is 2. The van der Waals surface area contributed by atoms with Crippen LogP contribution in [0.1, 0.15) is 9.67 Å². The maximum Gasteiger partial charge on any atom is 0.414 e. The van der Waals surface area contributed by atoms with Crippen LogP contribution in [0.4, 0.5) is 10.5 Å². The zero-order chi connectivity index (χ0) is 22.9. The minimum Gasteiger partial charge on any atom is -0.442 e. The molecule has 2 fully saturated rings. The van der Waals surface area contributed by atoms with Gasteiger partial charge in [-0.3, -0.25) is 9.69 Å².